The molecule has 4 nitrogen and oxygen atoms in total. The maximum Gasteiger partial charge on any atom is 0.231 e. The lowest BCUT2D eigenvalue weighted by molar-refractivity contribution is -0.123. The Bertz CT molecular complexity index is 477. The van der Waals surface area contributed by atoms with Crippen LogP contribution in [0.3, 0.4) is 0 Å². The first-order valence-corrected chi connectivity index (χ1v) is 5.49. The van der Waals surface area contributed by atoms with Gasteiger partial charge in [-0.15, -0.1) is 0 Å². The summed E-state index contributed by atoms with van der Waals surface area (Å²) in [7, 11) is 0. The molecule has 0 aliphatic rings. The normalized spacial score (nSPS) is 10.8. The van der Waals surface area contributed by atoms with Gasteiger partial charge in [-0.25, -0.2) is 0 Å². The molecule has 0 unspecified atom stereocenters. The number of nitrogens with one attached hydrogen (secondary N) is 1. The first-order valence-electron chi connectivity index (χ1n) is 5.12. The molecule has 0 aliphatic carbocycles. The Morgan fingerprint density at radius 3 is 2.71 bits per heavy atom. The number of benzene rings is 1. The number of hydrogen-bond donors (Lipinski definition) is 2. The Kier molecular flexibility index (Phi) is 4.11. The number of nitriles is 1. The molecule has 17 heavy (non-hydrogen) atoms. The van der Waals surface area contributed by atoms with Crippen LogP contribution in [-0.2, 0) is 4.79 Å². The molecule has 0 bridgehead atoms. The highest BCUT2D eigenvalue weighted by Crippen LogP contribution is 2.22. The molecule has 0 aliphatic heterocycles. The highest BCUT2D eigenvalue weighted by molar-refractivity contribution is 6.32. The van der Waals surface area contributed by atoms with Crippen molar-refractivity contribution in [1.82, 2.24) is 0 Å². The smallest absolute Gasteiger partial charge is 0.231 e. The number of nitrogens with two attached hydrogens (primary N) is 1. The van der Waals surface area contributed by atoms with Crippen LogP contribution in [0.1, 0.15) is 19.4 Å². The number of hydrogen-bond acceptors (Lipinski definition) is 3. The molecule has 1 amide bonds. The molecule has 0 aromatic heterocycles. The fraction of sp³-hybridized carbons (Fsp3) is 0.333. The zero-order chi connectivity index (χ0) is 13.1. The van der Waals surface area contributed by atoms with Crippen molar-refractivity contribution >= 4 is 23.2 Å². The molecule has 1 aromatic carbocycles. The second kappa shape index (κ2) is 5.17. The largest absolute Gasteiger partial charge is 0.329 e. The van der Waals surface area contributed by atoms with Crippen LogP contribution in [0.5, 0.6) is 0 Å². The van der Waals surface area contributed by atoms with Gasteiger partial charge in [0.1, 0.15) is 6.07 Å². The summed E-state index contributed by atoms with van der Waals surface area (Å²) >= 11 is 5.86. The van der Waals surface area contributed by atoms with Crippen molar-refractivity contribution in [3.05, 3.63) is 28.8 Å². The average Bonchev–Trinajstić information content (AvgIpc) is 2.29. The van der Waals surface area contributed by atoms with Crippen molar-refractivity contribution in [2.75, 3.05) is 11.9 Å². The van der Waals surface area contributed by atoms with Gasteiger partial charge in [0.25, 0.3) is 0 Å². The number of anilines is 1. The summed E-state index contributed by atoms with van der Waals surface area (Å²) in [5.74, 6) is -0.180. The van der Waals surface area contributed by atoms with Crippen molar-refractivity contribution in [3.8, 4) is 6.07 Å². The Balaban J connectivity index is 2.88. The lowest BCUT2D eigenvalue weighted by atomic mass is 9.92. The van der Waals surface area contributed by atoms with Crippen molar-refractivity contribution in [1.29, 1.82) is 5.26 Å². The summed E-state index contributed by atoms with van der Waals surface area (Å²) in [5, 5.41) is 11.7. The Morgan fingerprint density at radius 2 is 2.24 bits per heavy atom. The van der Waals surface area contributed by atoms with Gasteiger partial charge < -0.3 is 11.1 Å². The second-order valence-electron chi connectivity index (χ2n) is 4.35. The molecule has 0 spiro atoms. The maximum absolute atomic E-state index is 11.8. The van der Waals surface area contributed by atoms with Gasteiger partial charge >= 0.3 is 0 Å². The molecule has 0 saturated heterocycles. The van der Waals surface area contributed by atoms with Crippen LogP contribution in [0.25, 0.3) is 0 Å². The fourth-order valence-electron chi connectivity index (χ4n) is 1.08. The van der Waals surface area contributed by atoms with Crippen molar-refractivity contribution in [2.24, 2.45) is 11.1 Å². The molecule has 5 heteroatoms. The highest BCUT2D eigenvalue weighted by Gasteiger charge is 2.25. The first-order chi connectivity index (χ1) is 7.90. The van der Waals surface area contributed by atoms with Crippen LogP contribution in [0.4, 0.5) is 5.69 Å². The molecule has 3 N–H and O–H groups in total. The summed E-state index contributed by atoms with van der Waals surface area (Å²) < 4.78 is 0. The predicted molar refractivity (Wildman–Crippen MR) is 67.6 cm³/mol. The zero-order valence-electron chi connectivity index (χ0n) is 9.75. The van der Waals surface area contributed by atoms with Crippen LogP contribution in [0, 0.1) is 16.7 Å². The molecular formula is C12H14ClN3O. The predicted octanol–water partition coefficient (Wildman–Crippen LogP) is 2.14. The molecule has 0 radical (unpaired) electrons. The van der Waals surface area contributed by atoms with Crippen LogP contribution < -0.4 is 11.1 Å². The van der Waals surface area contributed by atoms with E-state index in [1.807, 2.05) is 6.07 Å². The Morgan fingerprint density at radius 1 is 1.59 bits per heavy atom. The molecule has 1 aromatic rings. The minimum absolute atomic E-state index is 0.180. The highest BCUT2D eigenvalue weighted by atomic mass is 35.5. The Hall–Kier alpha value is -1.57. The van der Waals surface area contributed by atoms with Gasteiger partial charge in [-0.05, 0) is 32.0 Å². The van der Waals surface area contributed by atoms with Crippen LogP contribution in [0.2, 0.25) is 5.02 Å². The third kappa shape index (κ3) is 3.19. The van der Waals surface area contributed by atoms with E-state index in [0.29, 0.717) is 16.3 Å². The van der Waals surface area contributed by atoms with E-state index < -0.39 is 5.41 Å². The van der Waals surface area contributed by atoms with E-state index in [-0.39, 0.29) is 12.5 Å². The SMILES string of the molecule is CC(C)(CN)C(=O)Nc1ccc(C#N)c(Cl)c1. The van der Waals surface area contributed by atoms with Gasteiger partial charge in [-0.2, -0.15) is 5.26 Å². The first kappa shape index (κ1) is 13.5. The van der Waals surface area contributed by atoms with E-state index in [0.717, 1.165) is 0 Å². The average molecular weight is 252 g/mol. The number of amides is 1. The molecule has 0 atom stereocenters. The van der Waals surface area contributed by atoms with Crippen LogP contribution in [-0.4, -0.2) is 12.5 Å². The number of halogens is 1. The topological polar surface area (TPSA) is 78.9 Å². The standard InChI is InChI=1S/C12H14ClN3O/c1-12(2,7-15)11(17)16-9-4-3-8(6-14)10(13)5-9/h3-5H,7,15H2,1-2H3,(H,16,17). The van der Waals surface area contributed by atoms with Gasteiger partial charge in [-0.3, -0.25) is 4.79 Å². The summed E-state index contributed by atoms with van der Waals surface area (Å²) in [5.41, 5.74) is 5.80. The van der Waals surface area contributed by atoms with E-state index in [1.54, 1.807) is 32.0 Å². The van der Waals surface area contributed by atoms with Crippen LogP contribution >= 0.6 is 11.6 Å². The van der Waals surface area contributed by atoms with Crippen molar-refractivity contribution in [3.63, 3.8) is 0 Å². The lowest BCUT2D eigenvalue weighted by Gasteiger charge is -2.21. The van der Waals surface area contributed by atoms with E-state index >= 15 is 0 Å². The van der Waals surface area contributed by atoms with Crippen molar-refractivity contribution < 1.29 is 4.79 Å². The molecule has 0 heterocycles. The summed E-state index contributed by atoms with van der Waals surface area (Å²) in [6, 6.07) is 6.70. The monoisotopic (exact) mass is 251 g/mol. The van der Waals surface area contributed by atoms with Gasteiger partial charge in [0.05, 0.1) is 16.0 Å². The maximum atomic E-state index is 11.8. The van der Waals surface area contributed by atoms with E-state index in [9.17, 15) is 4.79 Å². The van der Waals surface area contributed by atoms with Gasteiger partial charge in [0.2, 0.25) is 5.91 Å². The van der Waals surface area contributed by atoms with E-state index in [2.05, 4.69) is 5.32 Å². The minimum atomic E-state index is -0.639. The zero-order valence-corrected chi connectivity index (χ0v) is 10.5. The molecule has 90 valence electrons. The molecule has 1 rings (SSSR count). The fourth-order valence-corrected chi connectivity index (χ4v) is 1.30. The van der Waals surface area contributed by atoms with Crippen molar-refractivity contribution in [2.45, 2.75) is 13.8 Å². The molecular weight excluding hydrogens is 238 g/mol. The van der Waals surface area contributed by atoms with Gasteiger partial charge in [-0.1, -0.05) is 11.6 Å². The number of carbonyl (C=O) groups is 1. The summed E-state index contributed by atoms with van der Waals surface area (Å²) in [6.45, 7) is 3.77. The third-order valence-electron chi connectivity index (χ3n) is 2.47. The van der Waals surface area contributed by atoms with E-state index in [4.69, 9.17) is 22.6 Å². The number of nitrogens with zero attached hydrogens (tertiary/aromatic N) is 1. The van der Waals surface area contributed by atoms with Crippen LogP contribution in [0.15, 0.2) is 18.2 Å². The Labute approximate surface area is 105 Å². The van der Waals surface area contributed by atoms with E-state index in [1.165, 1.54) is 0 Å². The van der Waals surface area contributed by atoms with Gasteiger partial charge in [0.15, 0.2) is 0 Å². The lowest BCUT2D eigenvalue weighted by Crippen LogP contribution is -2.37. The quantitative estimate of drug-likeness (QED) is 0.864. The third-order valence-corrected chi connectivity index (χ3v) is 2.79. The molecule has 0 saturated carbocycles. The number of carbonyl (C=O) groups excluding carboxylic acids is 1. The summed E-state index contributed by atoms with van der Waals surface area (Å²) in [6.07, 6.45) is 0. The molecule has 0 fully saturated rings. The summed E-state index contributed by atoms with van der Waals surface area (Å²) in [4.78, 5) is 11.8. The minimum Gasteiger partial charge on any atom is -0.329 e. The number of rotatable bonds is 3. The van der Waals surface area contributed by atoms with Gasteiger partial charge in [0, 0.05) is 12.2 Å². The second-order valence-corrected chi connectivity index (χ2v) is 4.76.